The number of para-hydroxylation sites is 2. The highest BCUT2D eigenvalue weighted by molar-refractivity contribution is 6.06. The zero-order chi connectivity index (χ0) is 22.2. The first kappa shape index (κ1) is 19.9. The molecule has 7 heteroatoms. The molecule has 0 radical (unpaired) electrons. The van der Waals surface area contributed by atoms with E-state index in [9.17, 15) is 9.59 Å². The van der Waals surface area contributed by atoms with E-state index < -0.39 is 12.6 Å². The Bertz CT molecular complexity index is 1310. The second kappa shape index (κ2) is 7.92. The van der Waals surface area contributed by atoms with Crippen LogP contribution in [0.1, 0.15) is 32.9 Å². The highest BCUT2D eigenvalue weighted by atomic mass is 16.5. The summed E-state index contributed by atoms with van der Waals surface area (Å²) in [5.74, 6) is -0.930. The van der Waals surface area contributed by atoms with Crippen molar-refractivity contribution in [2.45, 2.75) is 26.7 Å². The number of aryl methyl sites for hydroxylation is 4. The predicted octanol–water partition coefficient (Wildman–Crippen LogP) is 4.46. The minimum atomic E-state index is -0.614. The van der Waals surface area contributed by atoms with Gasteiger partial charge in [0, 0.05) is 5.69 Å². The van der Waals surface area contributed by atoms with Crippen molar-refractivity contribution >= 4 is 34.4 Å². The molecular formula is C25H21N3O4. The van der Waals surface area contributed by atoms with Crippen LogP contribution in [0.2, 0.25) is 0 Å². The van der Waals surface area contributed by atoms with E-state index in [1.54, 1.807) is 24.8 Å². The fourth-order valence-corrected chi connectivity index (χ4v) is 4.20. The third-order valence-electron chi connectivity index (χ3n) is 5.67. The topological polar surface area (TPSA) is 85.5 Å². The summed E-state index contributed by atoms with van der Waals surface area (Å²) in [6, 6.07) is 17.3. The number of benzene rings is 2. The lowest BCUT2D eigenvalue weighted by atomic mass is 10.0. The lowest BCUT2D eigenvalue weighted by Crippen LogP contribution is -2.31. The van der Waals surface area contributed by atoms with Crippen molar-refractivity contribution in [3.63, 3.8) is 0 Å². The second-order valence-electron chi connectivity index (χ2n) is 7.82. The van der Waals surface area contributed by atoms with Gasteiger partial charge in [0.25, 0.3) is 11.6 Å². The summed E-state index contributed by atoms with van der Waals surface area (Å²) in [5, 5.41) is 4.39. The third kappa shape index (κ3) is 3.41. The molecule has 32 heavy (non-hydrogen) atoms. The average Bonchev–Trinajstić information content (AvgIpc) is 3.08. The molecule has 3 heterocycles. The average molecular weight is 427 g/mol. The number of carbonyl (C=O) groups is 2. The van der Waals surface area contributed by atoms with E-state index in [0.717, 1.165) is 35.3 Å². The Hall–Kier alpha value is -4.00. The maximum absolute atomic E-state index is 13.4. The number of carbonyl (C=O) groups excluding carboxylic acids is 2. The lowest BCUT2D eigenvalue weighted by Gasteiger charge is -2.24. The van der Waals surface area contributed by atoms with Crippen LogP contribution in [0.5, 0.6) is 0 Å². The van der Waals surface area contributed by atoms with Crippen LogP contribution in [0.15, 0.2) is 59.1 Å². The Morgan fingerprint density at radius 1 is 1.00 bits per heavy atom. The molecule has 0 unspecified atom stereocenters. The van der Waals surface area contributed by atoms with Crippen molar-refractivity contribution in [3.05, 3.63) is 82.7 Å². The minimum Gasteiger partial charge on any atom is -0.452 e. The van der Waals surface area contributed by atoms with Crippen molar-refractivity contribution in [3.8, 4) is 0 Å². The predicted molar refractivity (Wildman–Crippen MR) is 119 cm³/mol. The van der Waals surface area contributed by atoms with Gasteiger partial charge in [-0.1, -0.05) is 41.6 Å². The number of amides is 1. The molecule has 160 valence electrons. The van der Waals surface area contributed by atoms with Crippen LogP contribution in [0.4, 0.5) is 11.4 Å². The molecule has 0 spiro atoms. The maximum Gasteiger partial charge on any atom is 0.339 e. The Balaban J connectivity index is 1.45. The van der Waals surface area contributed by atoms with Crippen LogP contribution in [0.3, 0.4) is 0 Å². The van der Waals surface area contributed by atoms with Gasteiger partial charge in [0.1, 0.15) is 0 Å². The molecule has 5 rings (SSSR count). The van der Waals surface area contributed by atoms with Crippen LogP contribution in [0.25, 0.3) is 11.1 Å². The molecule has 1 aliphatic rings. The van der Waals surface area contributed by atoms with Gasteiger partial charge in [0.2, 0.25) is 0 Å². The van der Waals surface area contributed by atoms with E-state index in [0.29, 0.717) is 16.8 Å². The number of hydrogen-bond acceptors (Lipinski definition) is 6. The molecule has 2 aromatic heterocycles. The Morgan fingerprint density at radius 3 is 2.28 bits per heavy atom. The van der Waals surface area contributed by atoms with E-state index in [2.05, 4.69) is 10.1 Å². The zero-order valence-electron chi connectivity index (χ0n) is 17.8. The normalized spacial score (nSPS) is 12.8. The molecule has 0 fully saturated rings. The van der Waals surface area contributed by atoms with Gasteiger partial charge >= 0.3 is 5.97 Å². The van der Waals surface area contributed by atoms with Gasteiger partial charge in [-0.2, -0.15) is 0 Å². The van der Waals surface area contributed by atoms with Gasteiger partial charge < -0.3 is 9.26 Å². The van der Waals surface area contributed by atoms with Gasteiger partial charge in [-0.3, -0.25) is 9.69 Å². The molecule has 0 saturated heterocycles. The van der Waals surface area contributed by atoms with Crippen molar-refractivity contribution in [2.24, 2.45) is 0 Å². The van der Waals surface area contributed by atoms with Crippen molar-refractivity contribution in [1.29, 1.82) is 0 Å². The summed E-state index contributed by atoms with van der Waals surface area (Å²) in [6.07, 6.45) is 1.66. The van der Waals surface area contributed by atoms with Crippen molar-refractivity contribution in [1.82, 2.24) is 10.1 Å². The lowest BCUT2D eigenvalue weighted by molar-refractivity contribution is -0.120. The Kier molecular flexibility index (Phi) is 4.93. The van der Waals surface area contributed by atoms with Crippen LogP contribution in [0, 0.1) is 13.8 Å². The summed E-state index contributed by atoms with van der Waals surface area (Å²) in [4.78, 5) is 32.2. The fourth-order valence-electron chi connectivity index (χ4n) is 4.20. The van der Waals surface area contributed by atoms with E-state index in [1.807, 2.05) is 48.5 Å². The first-order valence-electron chi connectivity index (χ1n) is 10.4. The summed E-state index contributed by atoms with van der Waals surface area (Å²) in [6.45, 7) is 3.09. The fraction of sp³-hybridized carbons (Fsp3) is 0.200. The molecule has 2 aromatic carbocycles. The van der Waals surface area contributed by atoms with Crippen LogP contribution in [-0.4, -0.2) is 28.6 Å². The van der Waals surface area contributed by atoms with E-state index >= 15 is 0 Å². The number of rotatable bonds is 3. The Morgan fingerprint density at radius 2 is 1.62 bits per heavy atom. The number of ether oxygens (including phenoxy) is 1. The number of nitrogens with zero attached hydrogens (tertiary/aromatic N) is 3. The second-order valence-corrected chi connectivity index (χ2v) is 7.82. The quantitative estimate of drug-likeness (QED) is 0.449. The molecule has 1 amide bonds. The molecule has 1 aliphatic heterocycles. The molecule has 0 bridgehead atoms. The maximum atomic E-state index is 13.4. The van der Waals surface area contributed by atoms with Crippen LogP contribution >= 0.6 is 0 Å². The minimum absolute atomic E-state index is 0.274. The van der Waals surface area contributed by atoms with Gasteiger partial charge in [0.05, 0.1) is 28.0 Å². The van der Waals surface area contributed by atoms with Gasteiger partial charge in [0.15, 0.2) is 6.61 Å². The number of aromatic nitrogens is 2. The summed E-state index contributed by atoms with van der Waals surface area (Å²) in [7, 11) is 0. The SMILES string of the molecule is Cc1cc(C(=O)OCC(=O)N2c3ccccc3CCc3ccccc32)c2c(C)noc2n1. The number of pyridine rings is 1. The third-order valence-corrected chi connectivity index (χ3v) is 5.67. The van der Waals surface area contributed by atoms with E-state index in [4.69, 9.17) is 9.26 Å². The number of hydrogen-bond donors (Lipinski definition) is 0. The van der Waals surface area contributed by atoms with Gasteiger partial charge in [-0.05, 0) is 56.0 Å². The number of esters is 1. The Labute approximate surface area is 184 Å². The molecule has 0 atom stereocenters. The smallest absolute Gasteiger partial charge is 0.339 e. The highest BCUT2D eigenvalue weighted by Gasteiger charge is 2.27. The van der Waals surface area contributed by atoms with E-state index in [1.165, 1.54) is 0 Å². The van der Waals surface area contributed by atoms with Crippen LogP contribution in [-0.2, 0) is 22.4 Å². The monoisotopic (exact) mass is 427 g/mol. The highest BCUT2D eigenvalue weighted by Crippen LogP contribution is 2.36. The van der Waals surface area contributed by atoms with Crippen molar-refractivity contribution < 1.29 is 18.8 Å². The first-order valence-corrected chi connectivity index (χ1v) is 10.4. The summed E-state index contributed by atoms with van der Waals surface area (Å²) >= 11 is 0. The molecule has 0 saturated carbocycles. The summed E-state index contributed by atoms with van der Waals surface area (Å²) in [5.41, 5.74) is 5.49. The molecular weight excluding hydrogens is 406 g/mol. The van der Waals surface area contributed by atoms with Crippen LogP contribution < -0.4 is 4.90 Å². The van der Waals surface area contributed by atoms with Gasteiger partial charge in [-0.25, -0.2) is 9.78 Å². The molecule has 0 aliphatic carbocycles. The van der Waals surface area contributed by atoms with E-state index in [-0.39, 0.29) is 17.2 Å². The van der Waals surface area contributed by atoms with Crippen molar-refractivity contribution in [2.75, 3.05) is 11.5 Å². The standard InChI is InChI=1S/C25H21N3O4/c1-15-13-19(23-16(2)27-32-24(23)26-15)25(30)31-14-22(29)28-20-9-5-3-7-17(20)11-12-18-8-4-6-10-21(18)28/h3-10,13H,11-12,14H2,1-2H3. The zero-order valence-corrected chi connectivity index (χ0v) is 17.8. The largest absolute Gasteiger partial charge is 0.452 e. The number of anilines is 2. The molecule has 7 nitrogen and oxygen atoms in total. The summed E-state index contributed by atoms with van der Waals surface area (Å²) < 4.78 is 10.7. The number of fused-ring (bicyclic) bond motifs is 3. The molecule has 0 N–H and O–H groups in total. The van der Waals surface area contributed by atoms with Gasteiger partial charge in [-0.15, -0.1) is 0 Å². The molecule has 4 aromatic rings. The first-order chi connectivity index (χ1) is 15.5.